The van der Waals surface area contributed by atoms with Gasteiger partial charge < -0.3 is 4.90 Å². The van der Waals surface area contributed by atoms with Crippen molar-refractivity contribution in [1.82, 2.24) is 0 Å². The second-order valence-corrected chi connectivity index (χ2v) is 21.0. The van der Waals surface area contributed by atoms with Gasteiger partial charge in [0.1, 0.15) is 0 Å². The predicted octanol–water partition coefficient (Wildman–Crippen LogP) is 16.0. The van der Waals surface area contributed by atoms with Gasteiger partial charge in [0.15, 0.2) is 0 Å². The van der Waals surface area contributed by atoms with Crippen LogP contribution in [0.15, 0.2) is 127 Å². The molecule has 0 aromatic heterocycles. The Labute approximate surface area is 352 Å². The highest BCUT2D eigenvalue weighted by atomic mass is 15.1. The number of nitrogens with zero attached hydrogens (tertiary/aromatic N) is 1. The molecule has 13 rings (SSSR count). The lowest BCUT2D eigenvalue weighted by Crippen LogP contribution is -2.48. The van der Waals surface area contributed by atoms with Crippen LogP contribution in [-0.2, 0) is 16.2 Å². The third kappa shape index (κ3) is 5.48. The highest BCUT2D eigenvalue weighted by molar-refractivity contribution is 5.95. The summed E-state index contributed by atoms with van der Waals surface area (Å²) in [6, 6.07) is 50.4. The van der Waals surface area contributed by atoms with Gasteiger partial charge >= 0.3 is 0 Å². The van der Waals surface area contributed by atoms with Crippen LogP contribution in [0.5, 0.6) is 0 Å². The lowest BCUT2D eigenvalue weighted by Gasteiger charge is -2.57. The molecule has 0 spiro atoms. The van der Waals surface area contributed by atoms with Crippen molar-refractivity contribution in [2.45, 2.75) is 120 Å². The van der Waals surface area contributed by atoms with Crippen molar-refractivity contribution in [3.63, 3.8) is 0 Å². The number of rotatable bonds is 6. The molecule has 6 aromatic rings. The molecule has 0 atom stereocenters. The normalized spacial score (nSPS) is 25.3. The number of anilines is 3. The number of fused-ring (bicyclic) bond motifs is 6. The first-order valence-electron chi connectivity index (χ1n) is 23.2. The average Bonchev–Trinajstić information content (AvgIpc) is 3.63. The second kappa shape index (κ2) is 13.1. The van der Waals surface area contributed by atoms with Crippen LogP contribution < -0.4 is 4.90 Å². The molecule has 1 heteroatoms. The standard InChI is InChI=1S/C58H59N/c1-56(2)51-15-9-8-13-48(51)49-27-19-42(32-53(49)56)47-14-10-16-52-55(47)50-28-26-46(33-54(50)57(52,3)4)59(44-22-17-41(18-23-44)40-11-6-5-7-12-40)45-24-20-43(21-25-45)58-34-37-29-38(35-58)31-39(30-37)36-58/h8-10,13-28,32-33,37-40H,5-7,11-12,29-31,34-36H2,1-4H3. The van der Waals surface area contributed by atoms with Crippen molar-refractivity contribution in [3.8, 4) is 33.4 Å². The van der Waals surface area contributed by atoms with Gasteiger partial charge in [0.2, 0.25) is 0 Å². The average molecular weight is 770 g/mol. The van der Waals surface area contributed by atoms with E-state index >= 15 is 0 Å². The molecule has 4 bridgehead atoms. The maximum absolute atomic E-state index is 2.55. The molecule has 7 aliphatic carbocycles. The quantitative estimate of drug-likeness (QED) is 0.163. The fourth-order valence-electron chi connectivity index (χ4n) is 14.2. The van der Waals surface area contributed by atoms with E-state index in [-0.39, 0.29) is 10.8 Å². The Kier molecular flexibility index (Phi) is 7.97. The van der Waals surface area contributed by atoms with E-state index in [1.807, 2.05) is 0 Å². The second-order valence-electron chi connectivity index (χ2n) is 21.0. The molecular formula is C58H59N. The molecule has 6 aromatic carbocycles. The maximum Gasteiger partial charge on any atom is 0.0465 e. The Hall–Kier alpha value is -4.88. The number of benzene rings is 6. The zero-order valence-electron chi connectivity index (χ0n) is 35.7. The van der Waals surface area contributed by atoms with Gasteiger partial charge in [-0.2, -0.15) is 0 Å². The molecule has 0 aliphatic heterocycles. The van der Waals surface area contributed by atoms with E-state index in [1.54, 1.807) is 5.56 Å². The Morgan fingerprint density at radius 1 is 0.458 bits per heavy atom. The number of hydrogen-bond donors (Lipinski definition) is 0. The van der Waals surface area contributed by atoms with Crippen LogP contribution in [0, 0.1) is 17.8 Å². The molecule has 0 N–H and O–H groups in total. The zero-order chi connectivity index (χ0) is 39.7. The molecule has 0 heterocycles. The van der Waals surface area contributed by atoms with Gasteiger partial charge in [0, 0.05) is 27.9 Å². The first kappa shape index (κ1) is 36.0. The summed E-state index contributed by atoms with van der Waals surface area (Å²) in [4.78, 5) is 2.55. The number of hydrogen-bond acceptors (Lipinski definition) is 1. The molecule has 5 saturated carbocycles. The minimum atomic E-state index is -0.137. The van der Waals surface area contributed by atoms with Crippen LogP contribution in [0.4, 0.5) is 17.1 Å². The summed E-state index contributed by atoms with van der Waals surface area (Å²) in [6.07, 6.45) is 15.5. The summed E-state index contributed by atoms with van der Waals surface area (Å²) >= 11 is 0. The topological polar surface area (TPSA) is 3.24 Å². The van der Waals surface area contributed by atoms with Gasteiger partial charge in [-0.3, -0.25) is 0 Å². The van der Waals surface area contributed by atoms with Gasteiger partial charge in [-0.05, 0) is 190 Å². The first-order valence-corrected chi connectivity index (χ1v) is 23.2. The molecule has 0 saturated heterocycles. The SMILES string of the molecule is CC1(C)c2ccccc2-c2ccc(-c3cccc4c3-c3ccc(N(c5ccc(C6CCCCC6)cc5)c5ccc(C67CC8CC(CC(C8)C6)C7)cc5)cc3C4(C)C)cc21. The van der Waals surface area contributed by atoms with Gasteiger partial charge in [-0.15, -0.1) is 0 Å². The lowest BCUT2D eigenvalue weighted by molar-refractivity contribution is -0.00518. The van der Waals surface area contributed by atoms with Crippen molar-refractivity contribution >= 4 is 17.1 Å². The molecular weight excluding hydrogens is 711 g/mol. The summed E-state index contributed by atoms with van der Waals surface area (Å²) < 4.78 is 0. The molecule has 1 nitrogen and oxygen atoms in total. The fraction of sp³-hybridized carbons (Fsp3) is 0.379. The Morgan fingerprint density at radius 3 is 1.73 bits per heavy atom. The van der Waals surface area contributed by atoms with E-state index in [9.17, 15) is 0 Å². The zero-order valence-corrected chi connectivity index (χ0v) is 35.7. The van der Waals surface area contributed by atoms with Gasteiger partial charge in [-0.1, -0.05) is 132 Å². The fourth-order valence-corrected chi connectivity index (χ4v) is 14.2. The third-order valence-electron chi connectivity index (χ3n) is 16.8. The van der Waals surface area contributed by atoms with Crippen LogP contribution in [0.2, 0.25) is 0 Å². The molecule has 0 radical (unpaired) electrons. The Morgan fingerprint density at radius 2 is 1.02 bits per heavy atom. The molecule has 296 valence electrons. The summed E-state index contributed by atoms with van der Waals surface area (Å²) in [5.41, 5.74) is 21.0. The van der Waals surface area contributed by atoms with Gasteiger partial charge in [0.05, 0.1) is 0 Å². The molecule has 0 unspecified atom stereocenters. The van der Waals surface area contributed by atoms with E-state index in [0.717, 1.165) is 17.8 Å². The summed E-state index contributed by atoms with van der Waals surface area (Å²) in [6.45, 7) is 9.67. The largest absolute Gasteiger partial charge is 0.310 e. The highest BCUT2D eigenvalue weighted by Gasteiger charge is 2.51. The summed E-state index contributed by atoms with van der Waals surface area (Å²) in [7, 11) is 0. The monoisotopic (exact) mass is 769 g/mol. The smallest absolute Gasteiger partial charge is 0.0465 e. The van der Waals surface area contributed by atoms with E-state index in [0.29, 0.717) is 11.3 Å². The van der Waals surface area contributed by atoms with E-state index in [4.69, 9.17) is 0 Å². The van der Waals surface area contributed by atoms with Crippen LogP contribution in [0.25, 0.3) is 33.4 Å². The van der Waals surface area contributed by atoms with Crippen molar-refractivity contribution in [2.75, 3.05) is 4.90 Å². The Bertz CT molecular complexity index is 2580. The summed E-state index contributed by atoms with van der Waals surface area (Å²) in [5.74, 6) is 3.55. The van der Waals surface area contributed by atoms with E-state index in [2.05, 4.69) is 160 Å². The van der Waals surface area contributed by atoms with Crippen LogP contribution in [0.3, 0.4) is 0 Å². The third-order valence-corrected chi connectivity index (χ3v) is 16.8. The van der Waals surface area contributed by atoms with Gasteiger partial charge in [-0.25, -0.2) is 0 Å². The summed E-state index contributed by atoms with van der Waals surface area (Å²) in [5, 5.41) is 0. The van der Waals surface area contributed by atoms with Crippen LogP contribution in [0.1, 0.15) is 138 Å². The maximum atomic E-state index is 2.55. The van der Waals surface area contributed by atoms with E-state index < -0.39 is 0 Å². The van der Waals surface area contributed by atoms with E-state index in [1.165, 1.54) is 149 Å². The molecule has 0 amide bonds. The minimum Gasteiger partial charge on any atom is -0.310 e. The minimum absolute atomic E-state index is 0.0303. The van der Waals surface area contributed by atoms with Crippen molar-refractivity contribution in [1.29, 1.82) is 0 Å². The molecule has 7 aliphatic rings. The lowest BCUT2D eigenvalue weighted by atomic mass is 9.48. The molecule has 5 fully saturated rings. The van der Waals surface area contributed by atoms with Crippen molar-refractivity contribution in [2.24, 2.45) is 17.8 Å². The van der Waals surface area contributed by atoms with Crippen molar-refractivity contribution < 1.29 is 0 Å². The highest BCUT2D eigenvalue weighted by Crippen LogP contribution is 2.61. The first-order chi connectivity index (χ1) is 28.7. The van der Waals surface area contributed by atoms with Crippen LogP contribution in [-0.4, -0.2) is 0 Å². The predicted molar refractivity (Wildman–Crippen MR) is 247 cm³/mol. The Balaban J connectivity index is 0.946. The van der Waals surface area contributed by atoms with Gasteiger partial charge in [0.25, 0.3) is 0 Å². The van der Waals surface area contributed by atoms with Crippen molar-refractivity contribution in [3.05, 3.63) is 161 Å². The van der Waals surface area contributed by atoms with Crippen LogP contribution >= 0.6 is 0 Å². The molecule has 59 heavy (non-hydrogen) atoms.